The Bertz CT molecular complexity index is 1350. The molecule has 1 aliphatic heterocycles. The van der Waals surface area contributed by atoms with E-state index in [2.05, 4.69) is 40.5 Å². The van der Waals surface area contributed by atoms with E-state index in [-0.39, 0.29) is 4.88 Å². The average molecular weight is 489 g/mol. The van der Waals surface area contributed by atoms with Gasteiger partial charge in [-0.1, -0.05) is 6.07 Å². The lowest BCUT2D eigenvalue weighted by molar-refractivity contribution is 0.0702. The predicted octanol–water partition coefficient (Wildman–Crippen LogP) is 4.87. The first-order valence-electron chi connectivity index (χ1n) is 11.3. The molecule has 5 heterocycles. The maximum Gasteiger partial charge on any atom is 0.346 e. The number of carboxylic acids is 1. The molecule has 5 rings (SSSR count). The van der Waals surface area contributed by atoms with Gasteiger partial charge in [0.1, 0.15) is 27.2 Å². The number of anilines is 5. The summed E-state index contributed by atoms with van der Waals surface area (Å²) in [5.41, 5.74) is 2.45. The topological polar surface area (TPSA) is 129 Å². The van der Waals surface area contributed by atoms with Gasteiger partial charge in [0.05, 0.1) is 5.69 Å². The number of rotatable bonds is 7. The van der Waals surface area contributed by atoms with Crippen molar-refractivity contribution < 1.29 is 9.90 Å². The Hall–Kier alpha value is -4.12. The van der Waals surface area contributed by atoms with Crippen molar-refractivity contribution in [1.82, 2.24) is 24.9 Å². The third kappa shape index (κ3) is 5.35. The smallest absolute Gasteiger partial charge is 0.346 e. The zero-order valence-electron chi connectivity index (χ0n) is 19.1. The highest BCUT2D eigenvalue weighted by Crippen LogP contribution is 2.38. The minimum Gasteiger partial charge on any atom is -0.477 e. The molecule has 4 aromatic rings. The largest absolute Gasteiger partial charge is 0.477 e. The Morgan fingerprint density at radius 1 is 0.971 bits per heavy atom. The molecule has 0 aliphatic carbocycles. The molecule has 178 valence electrons. The number of piperidine rings is 1. The Morgan fingerprint density at radius 3 is 2.51 bits per heavy atom. The molecular formula is C24H24N8O2S. The Kier molecular flexibility index (Phi) is 6.49. The van der Waals surface area contributed by atoms with Gasteiger partial charge in [0, 0.05) is 31.2 Å². The van der Waals surface area contributed by atoms with Crippen molar-refractivity contribution in [3.8, 4) is 11.5 Å². The molecule has 1 aliphatic rings. The summed E-state index contributed by atoms with van der Waals surface area (Å²) in [6.45, 7) is 3.72. The fraction of sp³-hybridized carbons (Fsp3) is 0.250. The summed E-state index contributed by atoms with van der Waals surface area (Å²) in [5, 5.41) is 16.6. The normalized spacial score (nSPS) is 13.5. The molecule has 0 atom stereocenters. The first kappa shape index (κ1) is 22.7. The molecule has 4 aromatic heterocycles. The van der Waals surface area contributed by atoms with E-state index < -0.39 is 5.97 Å². The SMILES string of the molecule is Cc1cccc(-c2nccc(Nc3ccnc(Nc4sc(C(=O)O)cc4N4CCCCC4)n3)n2)n1. The second kappa shape index (κ2) is 10.0. The Balaban J connectivity index is 1.37. The molecule has 0 saturated carbocycles. The maximum atomic E-state index is 11.6. The lowest BCUT2D eigenvalue weighted by Gasteiger charge is -2.28. The highest BCUT2D eigenvalue weighted by molar-refractivity contribution is 7.18. The number of aryl methyl sites for hydroxylation is 1. The summed E-state index contributed by atoms with van der Waals surface area (Å²) >= 11 is 1.19. The number of hydrogen-bond donors (Lipinski definition) is 3. The number of nitrogens with zero attached hydrogens (tertiary/aromatic N) is 6. The van der Waals surface area contributed by atoms with E-state index in [0.717, 1.165) is 42.3 Å². The monoisotopic (exact) mass is 488 g/mol. The standard InChI is InChI=1S/C24H24N8O2S/c1-15-6-5-7-16(27-15)21-25-10-8-19(29-21)28-20-9-11-26-24(30-20)31-22-17(14-18(35-22)23(33)34)32-12-3-2-4-13-32/h5-11,14H,2-4,12-13H2,1H3,(H,33,34)(H2,25,26,28,29,30,31). The van der Waals surface area contributed by atoms with Gasteiger partial charge in [0.2, 0.25) is 5.95 Å². The fourth-order valence-electron chi connectivity index (χ4n) is 3.89. The van der Waals surface area contributed by atoms with Crippen LogP contribution in [0.4, 0.5) is 28.3 Å². The minimum atomic E-state index is -0.944. The molecule has 0 spiro atoms. The van der Waals surface area contributed by atoms with Gasteiger partial charge in [-0.15, -0.1) is 11.3 Å². The first-order chi connectivity index (χ1) is 17.0. The van der Waals surface area contributed by atoms with Crippen LogP contribution in [0.1, 0.15) is 34.6 Å². The van der Waals surface area contributed by atoms with Gasteiger partial charge in [-0.3, -0.25) is 0 Å². The number of aromatic carboxylic acids is 1. The van der Waals surface area contributed by atoms with E-state index in [4.69, 9.17) is 0 Å². The van der Waals surface area contributed by atoms with Crippen LogP contribution in [0.25, 0.3) is 11.5 Å². The minimum absolute atomic E-state index is 0.278. The number of thiophene rings is 1. The summed E-state index contributed by atoms with van der Waals surface area (Å²) in [5.74, 6) is 1.04. The zero-order valence-corrected chi connectivity index (χ0v) is 19.9. The van der Waals surface area contributed by atoms with E-state index in [9.17, 15) is 9.90 Å². The molecule has 1 saturated heterocycles. The number of hydrogen-bond acceptors (Lipinski definition) is 10. The van der Waals surface area contributed by atoms with E-state index >= 15 is 0 Å². The van der Waals surface area contributed by atoms with Gasteiger partial charge in [0.25, 0.3) is 0 Å². The van der Waals surface area contributed by atoms with Gasteiger partial charge >= 0.3 is 5.97 Å². The summed E-state index contributed by atoms with van der Waals surface area (Å²) < 4.78 is 0. The van der Waals surface area contributed by atoms with E-state index in [1.807, 2.05) is 25.1 Å². The number of carboxylic acid groups (broad SMARTS) is 1. The summed E-state index contributed by atoms with van der Waals surface area (Å²) in [4.78, 5) is 36.4. The van der Waals surface area contributed by atoms with Crippen LogP contribution in [0.5, 0.6) is 0 Å². The van der Waals surface area contributed by atoms with Crippen molar-refractivity contribution in [3.63, 3.8) is 0 Å². The second-order valence-electron chi connectivity index (χ2n) is 8.12. The molecule has 0 aromatic carbocycles. The average Bonchev–Trinajstić information content (AvgIpc) is 3.29. The molecular weight excluding hydrogens is 464 g/mol. The van der Waals surface area contributed by atoms with Gasteiger partial charge < -0.3 is 20.6 Å². The van der Waals surface area contributed by atoms with E-state index in [1.165, 1.54) is 17.8 Å². The van der Waals surface area contributed by atoms with Crippen LogP contribution in [0.3, 0.4) is 0 Å². The highest BCUT2D eigenvalue weighted by Gasteiger charge is 2.21. The molecule has 0 amide bonds. The van der Waals surface area contributed by atoms with Crippen molar-refractivity contribution in [2.45, 2.75) is 26.2 Å². The molecule has 1 fully saturated rings. The van der Waals surface area contributed by atoms with E-state index in [0.29, 0.717) is 29.1 Å². The number of carbonyl (C=O) groups is 1. The lowest BCUT2D eigenvalue weighted by Crippen LogP contribution is -2.29. The van der Waals surface area contributed by atoms with Gasteiger partial charge in [-0.25, -0.2) is 24.7 Å². The lowest BCUT2D eigenvalue weighted by atomic mass is 10.1. The third-order valence-electron chi connectivity index (χ3n) is 5.53. The van der Waals surface area contributed by atoms with Gasteiger partial charge in [-0.05, 0) is 56.5 Å². The van der Waals surface area contributed by atoms with Crippen LogP contribution in [0.15, 0.2) is 48.8 Å². The number of aromatic nitrogens is 5. The van der Waals surface area contributed by atoms with Crippen LogP contribution in [0.2, 0.25) is 0 Å². The predicted molar refractivity (Wildman–Crippen MR) is 136 cm³/mol. The van der Waals surface area contributed by atoms with Crippen LogP contribution in [0, 0.1) is 6.92 Å². The van der Waals surface area contributed by atoms with Crippen molar-refractivity contribution in [1.29, 1.82) is 0 Å². The molecule has 11 heteroatoms. The Morgan fingerprint density at radius 2 is 1.74 bits per heavy atom. The van der Waals surface area contributed by atoms with Gasteiger partial charge in [0.15, 0.2) is 5.82 Å². The summed E-state index contributed by atoms with van der Waals surface area (Å²) in [6, 6.07) is 10.9. The van der Waals surface area contributed by atoms with Gasteiger partial charge in [-0.2, -0.15) is 4.98 Å². The maximum absolute atomic E-state index is 11.6. The molecule has 3 N–H and O–H groups in total. The summed E-state index contributed by atoms with van der Waals surface area (Å²) in [7, 11) is 0. The zero-order chi connectivity index (χ0) is 24.2. The van der Waals surface area contributed by atoms with Crippen molar-refractivity contribution in [2.75, 3.05) is 28.6 Å². The molecule has 35 heavy (non-hydrogen) atoms. The second-order valence-corrected chi connectivity index (χ2v) is 9.18. The highest BCUT2D eigenvalue weighted by atomic mass is 32.1. The van der Waals surface area contributed by atoms with Crippen LogP contribution < -0.4 is 15.5 Å². The van der Waals surface area contributed by atoms with E-state index in [1.54, 1.807) is 30.6 Å². The molecule has 0 bridgehead atoms. The van der Waals surface area contributed by atoms with Crippen molar-refractivity contribution >= 4 is 45.6 Å². The van der Waals surface area contributed by atoms with Crippen molar-refractivity contribution in [2.24, 2.45) is 0 Å². The Labute approximate surface area is 206 Å². The number of nitrogens with one attached hydrogen (secondary N) is 2. The van der Waals surface area contributed by atoms with Crippen molar-refractivity contribution in [3.05, 3.63) is 59.4 Å². The molecule has 0 radical (unpaired) electrons. The number of pyridine rings is 1. The summed E-state index contributed by atoms with van der Waals surface area (Å²) in [6.07, 6.45) is 6.67. The first-order valence-corrected chi connectivity index (χ1v) is 12.1. The third-order valence-corrected chi connectivity index (χ3v) is 6.56. The quantitative estimate of drug-likeness (QED) is 0.331. The molecule has 10 nitrogen and oxygen atoms in total. The fourth-order valence-corrected chi connectivity index (χ4v) is 4.80. The molecule has 0 unspecified atom stereocenters. The van der Waals surface area contributed by atoms with Crippen LogP contribution >= 0.6 is 11.3 Å². The van der Waals surface area contributed by atoms with Crippen LogP contribution in [-0.4, -0.2) is 49.1 Å². The van der Waals surface area contributed by atoms with Crippen LogP contribution in [-0.2, 0) is 0 Å².